The summed E-state index contributed by atoms with van der Waals surface area (Å²) in [6.07, 6.45) is 4.04. The molecule has 4 nitrogen and oxygen atoms in total. The lowest BCUT2D eigenvalue weighted by molar-refractivity contribution is -0.131. The van der Waals surface area contributed by atoms with Gasteiger partial charge >= 0.3 is 5.97 Å². The summed E-state index contributed by atoms with van der Waals surface area (Å²) in [7, 11) is 1.58. The van der Waals surface area contributed by atoms with E-state index in [1.807, 2.05) is 0 Å². The van der Waals surface area contributed by atoms with Crippen molar-refractivity contribution in [3.05, 3.63) is 35.9 Å². The molecule has 15 heavy (non-hydrogen) atoms. The number of hydrogen-bond donors (Lipinski definition) is 0. The Balaban J connectivity index is 2.65. The highest BCUT2D eigenvalue weighted by molar-refractivity contribution is 5.87. The van der Waals surface area contributed by atoms with Gasteiger partial charge in [0, 0.05) is 6.08 Å². The van der Waals surface area contributed by atoms with Gasteiger partial charge in [-0.1, -0.05) is 12.1 Å². The minimum atomic E-state index is -0.687. The van der Waals surface area contributed by atoms with E-state index in [-0.39, 0.29) is 0 Å². The third-order valence-corrected chi connectivity index (χ3v) is 1.67. The van der Waals surface area contributed by atoms with E-state index in [9.17, 15) is 4.79 Å². The number of hydrogen-bond acceptors (Lipinski definition) is 4. The summed E-state index contributed by atoms with van der Waals surface area (Å²) >= 11 is 0. The molecule has 0 atom stereocenters. The standard InChI is InChI=1S/C11H9NO3/c1-14-10-5-2-9(3-6-10)4-7-11(13)15-8-12/h2-7H,1H3/b7-4+. The third-order valence-electron chi connectivity index (χ3n) is 1.67. The molecule has 1 aromatic carbocycles. The second-order valence-electron chi connectivity index (χ2n) is 2.62. The highest BCUT2D eigenvalue weighted by atomic mass is 16.5. The van der Waals surface area contributed by atoms with Crippen LogP contribution in [0.15, 0.2) is 30.3 Å². The fraction of sp³-hybridized carbons (Fsp3) is 0.0909. The summed E-state index contributed by atoms with van der Waals surface area (Å²) in [5, 5.41) is 8.06. The van der Waals surface area contributed by atoms with Gasteiger partial charge in [-0.05, 0) is 23.8 Å². The van der Waals surface area contributed by atoms with Gasteiger partial charge in [-0.25, -0.2) is 4.79 Å². The molecule has 0 fully saturated rings. The summed E-state index contributed by atoms with van der Waals surface area (Å²) < 4.78 is 9.04. The molecule has 0 heterocycles. The molecule has 0 radical (unpaired) electrons. The Morgan fingerprint density at radius 2 is 2.07 bits per heavy atom. The lowest BCUT2D eigenvalue weighted by Crippen LogP contribution is -1.92. The summed E-state index contributed by atoms with van der Waals surface area (Å²) in [4.78, 5) is 10.8. The van der Waals surface area contributed by atoms with E-state index in [4.69, 9.17) is 10.00 Å². The van der Waals surface area contributed by atoms with Crippen molar-refractivity contribution < 1.29 is 14.3 Å². The third kappa shape index (κ3) is 3.53. The van der Waals surface area contributed by atoms with Crippen molar-refractivity contribution in [2.45, 2.75) is 0 Å². The Kier molecular flexibility index (Phi) is 3.92. The highest BCUT2D eigenvalue weighted by Crippen LogP contribution is 2.12. The fourth-order valence-electron chi connectivity index (χ4n) is 0.958. The van der Waals surface area contributed by atoms with Gasteiger partial charge < -0.3 is 9.47 Å². The van der Waals surface area contributed by atoms with E-state index in [2.05, 4.69) is 4.74 Å². The van der Waals surface area contributed by atoms with E-state index in [0.29, 0.717) is 0 Å². The number of nitriles is 1. The van der Waals surface area contributed by atoms with Crippen LogP contribution in [0.2, 0.25) is 0 Å². The Hall–Kier alpha value is -2.28. The molecule has 0 aliphatic carbocycles. The number of carbonyl (C=O) groups is 1. The average Bonchev–Trinajstić information content (AvgIpc) is 2.27. The number of nitrogens with zero attached hydrogens (tertiary/aromatic N) is 1. The first-order valence-electron chi connectivity index (χ1n) is 4.18. The van der Waals surface area contributed by atoms with Gasteiger partial charge in [0.2, 0.25) is 0 Å². The Labute approximate surface area is 87.3 Å². The molecule has 4 heteroatoms. The van der Waals surface area contributed by atoms with Crippen molar-refractivity contribution in [1.29, 1.82) is 5.26 Å². The van der Waals surface area contributed by atoms with Crippen LogP contribution >= 0.6 is 0 Å². The van der Waals surface area contributed by atoms with Gasteiger partial charge in [0.25, 0.3) is 6.26 Å². The van der Waals surface area contributed by atoms with E-state index in [1.54, 1.807) is 37.5 Å². The summed E-state index contributed by atoms with van der Waals surface area (Å²) in [5.74, 6) is 0.0556. The molecule has 0 N–H and O–H groups in total. The van der Waals surface area contributed by atoms with Gasteiger partial charge in [0.1, 0.15) is 5.75 Å². The number of methoxy groups -OCH3 is 1. The van der Waals surface area contributed by atoms with E-state index in [0.717, 1.165) is 11.3 Å². The summed E-state index contributed by atoms with van der Waals surface area (Å²) in [6.45, 7) is 0. The van der Waals surface area contributed by atoms with Gasteiger partial charge in [-0.3, -0.25) is 0 Å². The monoisotopic (exact) mass is 203 g/mol. The molecule has 76 valence electrons. The van der Waals surface area contributed by atoms with Gasteiger partial charge in [0.15, 0.2) is 0 Å². The molecule has 0 spiro atoms. The van der Waals surface area contributed by atoms with Crippen molar-refractivity contribution >= 4 is 12.0 Å². The fourth-order valence-corrected chi connectivity index (χ4v) is 0.958. The van der Waals surface area contributed by atoms with Gasteiger partial charge in [-0.15, -0.1) is 5.26 Å². The Morgan fingerprint density at radius 1 is 1.40 bits per heavy atom. The topological polar surface area (TPSA) is 59.3 Å². The van der Waals surface area contributed by atoms with Crippen LogP contribution in [0.3, 0.4) is 0 Å². The van der Waals surface area contributed by atoms with E-state index in [1.165, 1.54) is 12.3 Å². The first-order valence-corrected chi connectivity index (χ1v) is 4.18. The number of ether oxygens (including phenoxy) is 2. The maximum Gasteiger partial charge on any atom is 0.346 e. The van der Waals surface area contributed by atoms with Crippen LogP contribution in [0, 0.1) is 11.5 Å². The normalized spacial score (nSPS) is 9.60. The van der Waals surface area contributed by atoms with E-state index >= 15 is 0 Å². The first kappa shape index (κ1) is 10.8. The minimum absolute atomic E-state index is 0.687. The molecule has 0 unspecified atom stereocenters. The molecule has 0 saturated carbocycles. The smallest absolute Gasteiger partial charge is 0.346 e. The van der Waals surface area contributed by atoms with Gasteiger partial charge in [-0.2, -0.15) is 0 Å². The van der Waals surface area contributed by atoms with Crippen molar-refractivity contribution in [1.82, 2.24) is 0 Å². The lowest BCUT2D eigenvalue weighted by Gasteiger charge is -1.98. The molecular weight excluding hydrogens is 194 g/mol. The van der Waals surface area contributed by atoms with Crippen LogP contribution in [0.5, 0.6) is 5.75 Å². The second-order valence-corrected chi connectivity index (χ2v) is 2.62. The maximum atomic E-state index is 10.8. The van der Waals surface area contributed by atoms with Crippen LogP contribution in [-0.2, 0) is 9.53 Å². The molecule has 0 amide bonds. The van der Waals surface area contributed by atoms with Crippen molar-refractivity contribution in [2.75, 3.05) is 7.11 Å². The zero-order valence-electron chi connectivity index (χ0n) is 8.14. The Morgan fingerprint density at radius 3 is 2.60 bits per heavy atom. The van der Waals surface area contributed by atoms with Crippen LogP contribution < -0.4 is 4.74 Å². The molecule has 0 aromatic heterocycles. The summed E-state index contributed by atoms with van der Waals surface area (Å²) in [6, 6.07) is 7.12. The minimum Gasteiger partial charge on any atom is -0.497 e. The van der Waals surface area contributed by atoms with Gasteiger partial charge in [0.05, 0.1) is 7.11 Å². The zero-order valence-corrected chi connectivity index (χ0v) is 8.14. The number of rotatable bonds is 3. The lowest BCUT2D eigenvalue weighted by atomic mass is 10.2. The molecular formula is C11H9NO3. The Bertz CT molecular complexity index is 401. The van der Waals surface area contributed by atoms with Crippen LogP contribution in [0.4, 0.5) is 0 Å². The second kappa shape index (κ2) is 5.45. The van der Waals surface area contributed by atoms with Crippen molar-refractivity contribution in [3.8, 4) is 12.0 Å². The maximum absolute atomic E-state index is 10.8. The van der Waals surface area contributed by atoms with Crippen LogP contribution in [0.25, 0.3) is 6.08 Å². The first-order chi connectivity index (χ1) is 7.26. The molecule has 1 rings (SSSR count). The molecule has 0 aliphatic heterocycles. The van der Waals surface area contributed by atoms with Crippen LogP contribution in [0.1, 0.15) is 5.56 Å². The summed E-state index contributed by atoms with van der Waals surface area (Å²) in [5.41, 5.74) is 0.825. The number of esters is 1. The molecule has 1 aromatic rings. The predicted octanol–water partition coefficient (Wildman–Crippen LogP) is 1.73. The predicted molar refractivity (Wildman–Crippen MR) is 53.7 cm³/mol. The highest BCUT2D eigenvalue weighted by Gasteiger charge is 1.95. The molecule has 0 saturated heterocycles. The molecule has 0 aliphatic rings. The average molecular weight is 203 g/mol. The van der Waals surface area contributed by atoms with E-state index < -0.39 is 5.97 Å². The number of benzene rings is 1. The van der Waals surface area contributed by atoms with Crippen LogP contribution in [-0.4, -0.2) is 13.1 Å². The van der Waals surface area contributed by atoms with Crippen molar-refractivity contribution in [3.63, 3.8) is 0 Å². The number of carbonyl (C=O) groups excluding carboxylic acids is 1. The largest absolute Gasteiger partial charge is 0.497 e. The zero-order chi connectivity index (χ0) is 11.1. The quantitative estimate of drug-likeness (QED) is 0.426. The van der Waals surface area contributed by atoms with Crippen molar-refractivity contribution in [2.24, 2.45) is 0 Å². The molecule has 0 bridgehead atoms. The SMILES string of the molecule is COc1ccc(/C=C/C(=O)OC#N)cc1.